The second kappa shape index (κ2) is 12.5. The maximum atomic E-state index is 12.8. The van der Waals surface area contributed by atoms with Crippen molar-refractivity contribution < 1.29 is 18.7 Å². The van der Waals surface area contributed by atoms with Crippen molar-refractivity contribution in [3.8, 4) is 17.9 Å². The zero-order chi connectivity index (χ0) is 29.8. The molecular formula is C28H29N6O6S-. The van der Waals surface area contributed by atoms with E-state index in [-0.39, 0.29) is 6.54 Å². The Balaban J connectivity index is 1.48. The van der Waals surface area contributed by atoms with Gasteiger partial charge in [0.2, 0.25) is 0 Å². The van der Waals surface area contributed by atoms with Crippen LogP contribution in [0.2, 0.25) is 0 Å². The van der Waals surface area contributed by atoms with Gasteiger partial charge < -0.3 is 14.6 Å². The molecule has 0 bridgehead atoms. The van der Waals surface area contributed by atoms with Crippen LogP contribution >= 0.6 is 0 Å². The Kier molecular flexibility index (Phi) is 9.05. The summed E-state index contributed by atoms with van der Waals surface area (Å²) in [5, 5.41) is 20.4. The van der Waals surface area contributed by atoms with Crippen LogP contribution < -0.4 is 16.1 Å². The van der Waals surface area contributed by atoms with Crippen LogP contribution in [0.3, 0.4) is 0 Å². The number of nitriles is 1. The average Bonchev–Trinajstić information content (AvgIpc) is 2.95. The van der Waals surface area contributed by atoms with Crippen molar-refractivity contribution in [3.05, 3.63) is 74.4 Å². The van der Waals surface area contributed by atoms with Crippen LogP contribution in [0.15, 0.2) is 52.1 Å². The molecule has 1 fully saturated rings. The van der Waals surface area contributed by atoms with Crippen LogP contribution in [0.5, 0.6) is 0 Å². The van der Waals surface area contributed by atoms with Gasteiger partial charge in [0.1, 0.15) is 12.6 Å². The second-order valence-electron chi connectivity index (χ2n) is 9.91. The van der Waals surface area contributed by atoms with Crippen LogP contribution in [0.25, 0.3) is 10.9 Å². The van der Waals surface area contributed by atoms with Gasteiger partial charge in [-0.1, -0.05) is 25.7 Å². The summed E-state index contributed by atoms with van der Waals surface area (Å²) < 4.78 is 27.0. The number of piperazine rings is 1. The minimum absolute atomic E-state index is 0.297. The van der Waals surface area contributed by atoms with Crippen molar-refractivity contribution in [2.45, 2.75) is 26.4 Å². The Morgan fingerprint density at radius 1 is 1.07 bits per heavy atom. The normalized spacial score (nSPS) is 15.4. The molecule has 1 saturated heterocycles. The number of carboxylic acid groups (broad SMARTS) is 1. The van der Waals surface area contributed by atoms with E-state index in [9.17, 15) is 28.3 Å². The second-order valence-corrected chi connectivity index (χ2v) is 10.7. The van der Waals surface area contributed by atoms with E-state index < -0.39 is 40.4 Å². The molecule has 2 heterocycles. The third-order valence-electron chi connectivity index (χ3n) is 6.97. The minimum Gasteiger partial charge on any atom is -0.759 e. The number of aliphatic carboxylic acids is 1. The van der Waals surface area contributed by atoms with E-state index in [0.29, 0.717) is 42.6 Å². The van der Waals surface area contributed by atoms with Crippen LogP contribution in [-0.4, -0.2) is 70.6 Å². The Labute approximate surface area is 239 Å². The van der Waals surface area contributed by atoms with E-state index in [1.165, 1.54) is 4.57 Å². The molecule has 0 spiro atoms. The minimum atomic E-state index is -2.72. The number of nitrogens with zero attached hydrogens (tertiary/aromatic N) is 6. The third-order valence-corrected chi connectivity index (χ3v) is 7.74. The largest absolute Gasteiger partial charge is 0.759 e. The monoisotopic (exact) mass is 577 g/mol. The van der Waals surface area contributed by atoms with Gasteiger partial charge in [-0.25, -0.2) is 14.4 Å². The molecule has 3 aromatic rings. The lowest BCUT2D eigenvalue weighted by molar-refractivity contribution is -0.149. The first kappa shape index (κ1) is 29.7. The number of aryl methyl sites for hydroxylation is 1. The summed E-state index contributed by atoms with van der Waals surface area (Å²) in [6, 6.07) is 13.2. The molecule has 2 aromatic carbocycles. The smallest absolute Gasteiger partial charge is 0.332 e. The first-order valence-electron chi connectivity index (χ1n) is 12.9. The SMILES string of the molecule is CC(C)C(C(=O)O)N(N1CCN(c2ccc(C#Cc3ccc4c(c3)c(=O)n(CC#N)c(=O)n4C)cc2)CC1)S(=O)[O-]. The summed E-state index contributed by atoms with van der Waals surface area (Å²) in [5.74, 6) is 4.52. The van der Waals surface area contributed by atoms with Gasteiger partial charge in [-0.3, -0.25) is 18.4 Å². The number of carboxylic acids is 1. The highest BCUT2D eigenvalue weighted by Gasteiger charge is 2.35. The summed E-state index contributed by atoms with van der Waals surface area (Å²) >= 11 is -2.72. The summed E-state index contributed by atoms with van der Waals surface area (Å²) in [4.78, 5) is 39.0. The Bertz CT molecular complexity index is 1710. The predicted octanol–water partition coefficient (Wildman–Crippen LogP) is 0.866. The molecule has 13 heteroatoms. The van der Waals surface area contributed by atoms with Gasteiger partial charge in [0.15, 0.2) is 0 Å². The lowest BCUT2D eigenvalue weighted by atomic mass is 10.1. The van der Waals surface area contributed by atoms with Gasteiger partial charge in [-0.05, 0) is 48.4 Å². The van der Waals surface area contributed by atoms with Crippen molar-refractivity contribution in [1.29, 1.82) is 5.26 Å². The molecule has 1 aliphatic rings. The summed E-state index contributed by atoms with van der Waals surface area (Å²) in [5.41, 5.74) is 1.61. The van der Waals surface area contributed by atoms with E-state index >= 15 is 0 Å². The molecular weight excluding hydrogens is 548 g/mol. The topological polar surface area (TPSA) is 155 Å². The van der Waals surface area contributed by atoms with Gasteiger partial charge in [0.05, 0.1) is 17.0 Å². The number of anilines is 1. The maximum Gasteiger partial charge on any atom is 0.332 e. The highest BCUT2D eigenvalue weighted by Crippen LogP contribution is 2.21. The van der Waals surface area contributed by atoms with Gasteiger partial charge in [-0.15, -0.1) is 0 Å². The fourth-order valence-electron chi connectivity index (χ4n) is 4.85. The number of rotatable bonds is 7. The highest BCUT2D eigenvalue weighted by molar-refractivity contribution is 7.76. The summed E-state index contributed by atoms with van der Waals surface area (Å²) in [6.45, 7) is 4.71. The van der Waals surface area contributed by atoms with Crippen LogP contribution in [0.4, 0.5) is 5.69 Å². The lowest BCUT2D eigenvalue weighted by Crippen LogP contribution is -2.60. The van der Waals surface area contributed by atoms with Gasteiger partial charge in [0.25, 0.3) is 5.56 Å². The Hall–Kier alpha value is -4.27. The van der Waals surface area contributed by atoms with Gasteiger partial charge in [0, 0.05) is 61.3 Å². The van der Waals surface area contributed by atoms with Gasteiger partial charge in [-0.2, -0.15) is 9.68 Å². The molecule has 0 amide bonds. The zero-order valence-corrected chi connectivity index (χ0v) is 23.6. The van der Waals surface area contributed by atoms with E-state index in [1.54, 1.807) is 44.1 Å². The fourth-order valence-corrected chi connectivity index (χ4v) is 5.72. The molecule has 4 rings (SSSR count). The molecule has 0 radical (unpaired) electrons. The average molecular weight is 578 g/mol. The van der Waals surface area contributed by atoms with Crippen molar-refractivity contribution in [1.82, 2.24) is 18.6 Å². The molecule has 1 aromatic heterocycles. The first-order valence-corrected chi connectivity index (χ1v) is 13.9. The number of hydrogen-bond donors (Lipinski definition) is 1. The van der Waals surface area contributed by atoms with Gasteiger partial charge >= 0.3 is 11.7 Å². The predicted molar refractivity (Wildman–Crippen MR) is 152 cm³/mol. The first-order chi connectivity index (χ1) is 19.5. The Morgan fingerprint density at radius 2 is 1.68 bits per heavy atom. The lowest BCUT2D eigenvalue weighted by Gasteiger charge is -2.45. The van der Waals surface area contributed by atoms with Crippen molar-refractivity contribution in [2.24, 2.45) is 13.0 Å². The molecule has 0 aliphatic carbocycles. The Morgan fingerprint density at radius 3 is 2.24 bits per heavy atom. The van der Waals surface area contributed by atoms with Crippen molar-refractivity contribution in [3.63, 3.8) is 0 Å². The molecule has 1 aliphatic heterocycles. The quantitative estimate of drug-likeness (QED) is 0.318. The van der Waals surface area contributed by atoms with E-state index in [2.05, 4.69) is 16.7 Å². The standard InChI is InChI=1S/C28H30N6O6S/c1-19(2)25(27(36)37)34(41(39)40)32-16-14-31(15-17-32)22-9-6-20(7-10-22)4-5-21-8-11-24-23(18-21)26(35)33(13-12-29)28(38)30(24)3/h6-11,18-19,25H,13-17H2,1-3H3,(H,36,37)(H,39,40)/p-1. The maximum absolute atomic E-state index is 12.8. The van der Waals surface area contributed by atoms with E-state index in [4.69, 9.17) is 5.26 Å². The molecule has 41 heavy (non-hydrogen) atoms. The molecule has 12 nitrogen and oxygen atoms in total. The molecule has 2 unspecified atom stereocenters. The van der Waals surface area contributed by atoms with Crippen LogP contribution in [-0.2, 0) is 29.7 Å². The van der Waals surface area contributed by atoms with Crippen molar-refractivity contribution >= 4 is 33.8 Å². The fraction of sp³-hybridized carbons (Fsp3) is 0.357. The number of hydrazine groups is 1. The van der Waals surface area contributed by atoms with E-state index in [1.807, 2.05) is 30.3 Å². The summed E-state index contributed by atoms with van der Waals surface area (Å²) in [6.07, 6.45) is 0. The molecule has 2 atom stereocenters. The van der Waals surface area contributed by atoms with E-state index in [0.717, 1.165) is 20.2 Å². The van der Waals surface area contributed by atoms with Crippen LogP contribution in [0, 0.1) is 29.1 Å². The number of benzene rings is 2. The highest BCUT2D eigenvalue weighted by atomic mass is 32.2. The molecule has 214 valence electrons. The summed E-state index contributed by atoms with van der Waals surface area (Å²) in [7, 11) is 1.55. The van der Waals surface area contributed by atoms with Crippen LogP contribution in [0.1, 0.15) is 25.0 Å². The number of fused-ring (bicyclic) bond motifs is 1. The number of aromatic nitrogens is 2. The molecule has 0 saturated carbocycles. The third kappa shape index (κ3) is 6.24. The molecule has 1 N–H and O–H groups in total. The van der Waals surface area contributed by atoms with Crippen molar-refractivity contribution in [2.75, 3.05) is 31.1 Å². The number of carbonyl (C=O) groups is 1. The number of hydrogen-bond acceptors (Lipinski definition) is 8. The zero-order valence-electron chi connectivity index (χ0n) is 22.8.